The fraction of sp³-hybridized carbons (Fsp3) is 0.417. The molecular formula is C24H31F3N4O. The number of aryl methyl sites for hydroxylation is 1. The van der Waals surface area contributed by atoms with E-state index in [1.54, 1.807) is 18.2 Å². The molecule has 2 aromatic heterocycles. The summed E-state index contributed by atoms with van der Waals surface area (Å²) in [6.45, 7) is 1.98. The van der Waals surface area contributed by atoms with Crippen molar-refractivity contribution in [3.63, 3.8) is 0 Å². The van der Waals surface area contributed by atoms with Crippen LogP contribution in [0.5, 0.6) is 0 Å². The number of anilines is 1. The topological polar surface area (TPSA) is 58.4 Å². The number of carbonyl (C=O) groups excluding carboxylic acids is 1. The van der Waals surface area contributed by atoms with Gasteiger partial charge < -0.3 is 10.6 Å². The minimum Gasteiger partial charge on any atom is -0.368 e. The normalized spacial score (nSPS) is 18.4. The van der Waals surface area contributed by atoms with E-state index < -0.39 is 11.9 Å². The average Bonchev–Trinajstić information content (AvgIpc) is 3.16. The largest absolute Gasteiger partial charge is 0.434 e. The number of halogens is 3. The first-order valence-electron chi connectivity index (χ1n) is 9.99. The van der Waals surface area contributed by atoms with Crippen LogP contribution in [-0.2, 0) is 6.18 Å². The summed E-state index contributed by atoms with van der Waals surface area (Å²) in [7, 11) is 0. The number of amides is 1. The van der Waals surface area contributed by atoms with Crippen molar-refractivity contribution in [2.75, 3.05) is 5.32 Å². The van der Waals surface area contributed by atoms with Crippen LogP contribution in [0.25, 0.3) is 5.65 Å². The highest BCUT2D eigenvalue weighted by Crippen LogP contribution is 2.30. The number of fused-ring (bicyclic) bond motifs is 1. The van der Waals surface area contributed by atoms with E-state index in [1.807, 2.05) is 31.2 Å². The molecule has 3 aromatic rings. The molecule has 2 N–H and O–H groups in total. The molecule has 174 valence electrons. The summed E-state index contributed by atoms with van der Waals surface area (Å²) in [6, 6.07) is 12.7. The van der Waals surface area contributed by atoms with E-state index in [2.05, 4.69) is 15.6 Å². The first-order valence-corrected chi connectivity index (χ1v) is 9.99. The number of rotatable bonds is 4. The summed E-state index contributed by atoms with van der Waals surface area (Å²) in [5.41, 5.74) is 1.10. The Balaban J connectivity index is 0.00000181. The highest BCUT2D eigenvalue weighted by atomic mass is 19.4. The van der Waals surface area contributed by atoms with Gasteiger partial charge in [0.1, 0.15) is 11.5 Å². The van der Waals surface area contributed by atoms with E-state index >= 15 is 0 Å². The molecule has 0 aliphatic heterocycles. The monoisotopic (exact) mass is 448 g/mol. The molecule has 32 heavy (non-hydrogen) atoms. The highest BCUT2D eigenvalue weighted by molar-refractivity contribution is 5.94. The summed E-state index contributed by atoms with van der Waals surface area (Å²) in [5, 5.41) is 6.43. The number of carbonyl (C=O) groups is 1. The van der Waals surface area contributed by atoms with Gasteiger partial charge >= 0.3 is 6.18 Å². The fourth-order valence-corrected chi connectivity index (χ4v) is 3.83. The number of alkyl halides is 3. The number of pyridine rings is 1. The lowest BCUT2D eigenvalue weighted by Gasteiger charge is -2.30. The van der Waals surface area contributed by atoms with Gasteiger partial charge in [-0.3, -0.25) is 9.20 Å². The third kappa shape index (κ3) is 5.60. The van der Waals surface area contributed by atoms with Crippen LogP contribution in [0, 0.1) is 6.92 Å². The van der Waals surface area contributed by atoms with Crippen LogP contribution in [-0.4, -0.2) is 27.4 Å². The molecule has 0 bridgehead atoms. The molecule has 0 saturated heterocycles. The van der Waals surface area contributed by atoms with Crippen molar-refractivity contribution in [2.45, 2.75) is 65.7 Å². The SMILES string of the molecule is C.C.Cc1ccc(C(=O)NC2CCC(Nc3cccc4nc(C(F)(F)F)cn34)CC2)cc1. The Labute approximate surface area is 187 Å². The number of hydrogen-bond acceptors (Lipinski definition) is 3. The molecule has 1 saturated carbocycles. The summed E-state index contributed by atoms with van der Waals surface area (Å²) < 4.78 is 40.4. The fourth-order valence-electron chi connectivity index (χ4n) is 3.83. The third-order valence-electron chi connectivity index (χ3n) is 5.51. The molecule has 0 atom stereocenters. The third-order valence-corrected chi connectivity index (χ3v) is 5.51. The second-order valence-electron chi connectivity index (χ2n) is 7.80. The van der Waals surface area contributed by atoms with Crippen molar-refractivity contribution in [1.82, 2.24) is 14.7 Å². The maximum atomic E-state index is 13.0. The smallest absolute Gasteiger partial charge is 0.368 e. The maximum absolute atomic E-state index is 13.0. The van der Waals surface area contributed by atoms with Crippen LogP contribution >= 0.6 is 0 Å². The van der Waals surface area contributed by atoms with Gasteiger partial charge in [-0.1, -0.05) is 38.6 Å². The molecule has 8 heteroatoms. The van der Waals surface area contributed by atoms with Gasteiger partial charge in [-0.15, -0.1) is 0 Å². The molecule has 1 amide bonds. The Morgan fingerprint density at radius 1 is 1.00 bits per heavy atom. The Bertz CT molecular complexity index is 1040. The Kier molecular flexibility index (Phi) is 7.93. The first-order chi connectivity index (χ1) is 14.3. The summed E-state index contributed by atoms with van der Waals surface area (Å²) in [6.07, 6.45) is -0.208. The Morgan fingerprint density at radius 3 is 2.25 bits per heavy atom. The highest BCUT2D eigenvalue weighted by Gasteiger charge is 2.34. The van der Waals surface area contributed by atoms with Crippen molar-refractivity contribution in [1.29, 1.82) is 0 Å². The predicted octanol–water partition coefficient (Wildman–Crippen LogP) is 6.09. The lowest BCUT2D eigenvalue weighted by Crippen LogP contribution is -2.40. The molecule has 0 radical (unpaired) electrons. The van der Waals surface area contributed by atoms with Crippen LogP contribution in [0.1, 0.15) is 62.2 Å². The molecule has 1 aromatic carbocycles. The molecular weight excluding hydrogens is 417 g/mol. The number of hydrogen-bond donors (Lipinski definition) is 2. The van der Waals surface area contributed by atoms with Gasteiger partial charge in [-0.25, -0.2) is 4.98 Å². The van der Waals surface area contributed by atoms with E-state index in [9.17, 15) is 18.0 Å². The number of benzene rings is 1. The van der Waals surface area contributed by atoms with Crippen LogP contribution in [0.3, 0.4) is 0 Å². The zero-order chi connectivity index (χ0) is 21.3. The van der Waals surface area contributed by atoms with Crippen molar-refractivity contribution >= 4 is 17.4 Å². The van der Waals surface area contributed by atoms with Gasteiger partial charge in [0.15, 0.2) is 5.69 Å². The van der Waals surface area contributed by atoms with E-state index in [0.29, 0.717) is 11.4 Å². The van der Waals surface area contributed by atoms with Crippen molar-refractivity contribution in [3.8, 4) is 0 Å². The zero-order valence-corrected chi connectivity index (χ0v) is 16.5. The van der Waals surface area contributed by atoms with Crippen LogP contribution in [0.4, 0.5) is 19.0 Å². The quantitative estimate of drug-likeness (QED) is 0.508. The minimum atomic E-state index is -4.48. The van der Waals surface area contributed by atoms with Crippen molar-refractivity contribution in [3.05, 3.63) is 65.5 Å². The standard InChI is InChI=1S/C22H23F3N4O.2CH4/c1-14-5-7-15(8-6-14)21(30)27-17-11-9-16(10-12-17)26-19-3-2-4-20-28-18(13-29(19)20)22(23,24)25;;/h2-8,13,16-17,26H,9-12H2,1H3,(H,27,30);2*1H4. The van der Waals surface area contributed by atoms with Gasteiger partial charge in [0.25, 0.3) is 5.91 Å². The molecule has 2 heterocycles. The molecule has 1 aliphatic rings. The lowest BCUT2D eigenvalue weighted by atomic mass is 9.91. The molecule has 1 aliphatic carbocycles. The second-order valence-corrected chi connectivity index (χ2v) is 7.80. The minimum absolute atomic E-state index is 0. The number of aromatic nitrogens is 2. The number of nitrogens with one attached hydrogen (secondary N) is 2. The Morgan fingerprint density at radius 2 is 1.62 bits per heavy atom. The van der Waals surface area contributed by atoms with E-state index in [1.165, 1.54) is 4.40 Å². The van der Waals surface area contributed by atoms with Gasteiger partial charge in [-0.2, -0.15) is 13.2 Å². The van der Waals surface area contributed by atoms with Gasteiger partial charge in [0.2, 0.25) is 0 Å². The first kappa shape index (κ1) is 25.2. The number of imidazole rings is 1. The molecule has 1 fully saturated rings. The number of nitrogens with zero attached hydrogens (tertiary/aromatic N) is 2. The summed E-state index contributed by atoms with van der Waals surface area (Å²) in [5.74, 6) is 0.511. The molecule has 0 spiro atoms. The summed E-state index contributed by atoms with van der Waals surface area (Å²) in [4.78, 5) is 16.1. The van der Waals surface area contributed by atoms with Crippen molar-refractivity contribution < 1.29 is 18.0 Å². The van der Waals surface area contributed by atoms with E-state index in [0.717, 1.165) is 37.4 Å². The van der Waals surface area contributed by atoms with Crippen LogP contribution < -0.4 is 10.6 Å². The lowest BCUT2D eigenvalue weighted by molar-refractivity contribution is -0.140. The maximum Gasteiger partial charge on any atom is 0.434 e. The van der Waals surface area contributed by atoms with E-state index in [-0.39, 0.29) is 38.5 Å². The molecule has 5 nitrogen and oxygen atoms in total. The predicted molar refractivity (Wildman–Crippen MR) is 122 cm³/mol. The zero-order valence-electron chi connectivity index (χ0n) is 16.5. The molecule has 0 unspecified atom stereocenters. The van der Waals surface area contributed by atoms with Gasteiger partial charge in [0, 0.05) is 23.8 Å². The van der Waals surface area contributed by atoms with E-state index in [4.69, 9.17) is 0 Å². The van der Waals surface area contributed by atoms with Crippen LogP contribution in [0.2, 0.25) is 0 Å². The van der Waals surface area contributed by atoms with Gasteiger partial charge in [0.05, 0.1) is 0 Å². The summed E-state index contributed by atoms with van der Waals surface area (Å²) >= 11 is 0. The Hall–Kier alpha value is -3.03. The average molecular weight is 449 g/mol. The molecule has 4 rings (SSSR count). The second kappa shape index (κ2) is 10.1. The van der Waals surface area contributed by atoms with Crippen LogP contribution in [0.15, 0.2) is 48.7 Å². The van der Waals surface area contributed by atoms with Crippen molar-refractivity contribution in [2.24, 2.45) is 0 Å². The van der Waals surface area contributed by atoms with Gasteiger partial charge in [-0.05, 0) is 56.9 Å².